The van der Waals surface area contributed by atoms with Crippen LogP contribution in [0.3, 0.4) is 0 Å². The third-order valence-electron chi connectivity index (χ3n) is 2.86. The second kappa shape index (κ2) is 5.63. The summed E-state index contributed by atoms with van der Waals surface area (Å²) in [6, 6.07) is 7.38. The largest absolute Gasteiger partial charge is 0.338 e. The lowest BCUT2D eigenvalue weighted by Crippen LogP contribution is -2.14. The van der Waals surface area contributed by atoms with Gasteiger partial charge in [-0.1, -0.05) is 37.5 Å². The van der Waals surface area contributed by atoms with Gasteiger partial charge in [-0.25, -0.2) is 13.1 Å². The fraction of sp³-hybridized carbons (Fsp3) is 0.286. The Kier molecular flexibility index (Phi) is 4.18. The Labute approximate surface area is 133 Å². The number of nitrogens with one attached hydrogen (secondary N) is 1. The summed E-state index contributed by atoms with van der Waals surface area (Å²) in [7, 11) is -3.98. The van der Waals surface area contributed by atoms with Crippen molar-refractivity contribution in [3.63, 3.8) is 0 Å². The molecule has 0 amide bonds. The summed E-state index contributed by atoms with van der Waals surface area (Å²) in [6.07, 6.45) is 0. The van der Waals surface area contributed by atoms with Crippen LogP contribution in [0.2, 0.25) is 5.02 Å². The van der Waals surface area contributed by atoms with Gasteiger partial charge in [-0.15, -0.1) is 0 Å². The van der Waals surface area contributed by atoms with Gasteiger partial charge in [0.2, 0.25) is 5.88 Å². The van der Waals surface area contributed by atoms with Gasteiger partial charge in [0.05, 0.1) is 22.3 Å². The van der Waals surface area contributed by atoms with E-state index in [2.05, 4.69) is 9.88 Å². The highest BCUT2D eigenvalue weighted by Crippen LogP contribution is 2.27. The zero-order valence-electron chi connectivity index (χ0n) is 12.2. The molecule has 8 heteroatoms. The number of nitrogens with zero attached hydrogens (tertiary/aromatic N) is 2. The van der Waals surface area contributed by atoms with Crippen LogP contribution in [0.4, 0.5) is 5.88 Å². The molecular formula is C14H14ClN3O3S. The molecule has 116 valence electrons. The van der Waals surface area contributed by atoms with E-state index < -0.39 is 10.0 Å². The molecule has 0 aliphatic carbocycles. The van der Waals surface area contributed by atoms with Crippen molar-refractivity contribution < 1.29 is 12.9 Å². The lowest BCUT2D eigenvalue weighted by molar-refractivity contribution is 0.405. The van der Waals surface area contributed by atoms with Crippen molar-refractivity contribution in [3.05, 3.63) is 40.5 Å². The van der Waals surface area contributed by atoms with Crippen LogP contribution in [-0.4, -0.2) is 13.6 Å². The van der Waals surface area contributed by atoms with E-state index in [-0.39, 0.29) is 26.8 Å². The van der Waals surface area contributed by atoms with Crippen LogP contribution in [0.25, 0.3) is 0 Å². The van der Waals surface area contributed by atoms with Gasteiger partial charge in [0.1, 0.15) is 4.90 Å². The number of aromatic nitrogens is 1. The van der Waals surface area contributed by atoms with Gasteiger partial charge in [0.15, 0.2) is 0 Å². The maximum Gasteiger partial charge on any atom is 0.265 e. The number of rotatable bonds is 3. The van der Waals surface area contributed by atoms with Crippen molar-refractivity contribution in [2.45, 2.75) is 31.1 Å². The molecule has 0 saturated carbocycles. The van der Waals surface area contributed by atoms with Crippen molar-refractivity contribution in [2.24, 2.45) is 0 Å². The summed E-state index contributed by atoms with van der Waals surface area (Å²) in [6.45, 7) is 5.78. The molecule has 0 fully saturated rings. The molecule has 0 bridgehead atoms. The molecule has 0 atom stereocenters. The topological polar surface area (TPSA) is 96.0 Å². The van der Waals surface area contributed by atoms with E-state index in [1.54, 1.807) is 0 Å². The molecule has 2 rings (SSSR count). The van der Waals surface area contributed by atoms with Gasteiger partial charge in [-0.3, -0.25) is 0 Å². The molecule has 0 aliphatic heterocycles. The van der Waals surface area contributed by atoms with Crippen LogP contribution in [0.5, 0.6) is 0 Å². The first-order chi connectivity index (χ1) is 10.1. The molecule has 1 heterocycles. The van der Waals surface area contributed by atoms with Crippen LogP contribution in [0, 0.1) is 11.3 Å². The predicted molar refractivity (Wildman–Crippen MR) is 82.2 cm³/mol. The first-order valence-corrected chi connectivity index (χ1v) is 8.19. The summed E-state index contributed by atoms with van der Waals surface area (Å²) in [5.41, 5.74) is 0.533. The maximum atomic E-state index is 12.4. The smallest absolute Gasteiger partial charge is 0.265 e. The standard InChI is InChI=1S/C14H14ClN3O3S/c1-14(2,3)12-7-13(21-17-12)18-22(19,20)11-6-9(8-16)4-5-10(11)15/h4-7,18H,1-3H3. The molecule has 1 aromatic carbocycles. The molecule has 0 radical (unpaired) electrons. The van der Waals surface area contributed by atoms with Crippen LogP contribution >= 0.6 is 11.6 Å². The van der Waals surface area contributed by atoms with E-state index in [9.17, 15) is 8.42 Å². The number of hydrogen-bond acceptors (Lipinski definition) is 5. The molecular weight excluding hydrogens is 326 g/mol. The number of hydrogen-bond donors (Lipinski definition) is 1. The van der Waals surface area contributed by atoms with E-state index in [4.69, 9.17) is 21.4 Å². The minimum absolute atomic E-state index is 0.0108. The SMILES string of the molecule is CC(C)(C)c1cc(NS(=O)(=O)c2cc(C#N)ccc2Cl)on1. The minimum atomic E-state index is -3.98. The fourth-order valence-corrected chi connectivity index (χ4v) is 3.14. The average molecular weight is 340 g/mol. The molecule has 0 aliphatic rings. The summed E-state index contributed by atoms with van der Waals surface area (Å²) in [5, 5.41) is 12.7. The molecule has 0 spiro atoms. The van der Waals surface area contributed by atoms with Crippen LogP contribution in [-0.2, 0) is 15.4 Å². The lowest BCUT2D eigenvalue weighted by Gasteiger charge is -2.12. The van der Waals surface area contributed by atoms with Crippen molar-refractivity contribution in [1.82, 2.24) is 5.16 Å². The van der Waals surface area contributed by atoms with Gasteiger partial charge in [-0.05, 0) is 18.2 Å². The van der Waals surface area contributed by atoms with Gasteiger partial charge >= 0.3 is 0 Å². The Morgan fingerprint density at radius 1 is 1.32 bits per heavy atom. The number of sulfonamides is 1. The second-order valence-electron chi connectivity index (χ2n) is 5.69. The van der Waals surface area contributed by atoms with E-state index in [1.807, 2.05) is 26.8 Å². The minimum Gasteiger partial charge on any atom is -0.338 e. The first-order valence-electron chi connectivity index (χ1n) is 6.33. The quantitative estimate of drug-likeness (QED) is 0.925. The second-order valence-corrected chi connectivity index (χ2v) is 7.75. The van der Waals surface area contributed by atoms with Crippen molar-refractivity contribution >= 4 is 27.5 Å². The molecule has 1 N–H and O–H groups in total. The normalized spacial score (nSPS) is 12.0. The number of nitriles is 1. The van der Waals surface area contributed by atoms with Crippen LogP contribution < -0.4 is 4.72 Å². The van der Waals surface area contributed by atoms with E-state index in [0.29, 0.717) is 5.69 Å². The summed E-state index contributed by atoms with van der Waals surface area (Å²) < 4.78 is 32.0. The number of benzene rings is 1. The van der Waals surface area contributed by atoms with Crippen molar-refractivity contribution in [1.29, 1.82) is 5.26 Å². The van der Waals surface area contributed by atoms with Gasteiger partial charge in [0.25, 0.3) is 10.0 Å². The Morgan fingerprint density at radius 3 is 2.55 bits per heavy atom. The predicted octanol–water partition coefficient (Wildman–Crippen LogP) is 3.30. The third kappa shape index (κ3) is 3.40. The van der Waals surface area contributed by atoms with E-state index >= 15 is 0 Å². The number of anilines is 1. The molecule has 0 unspecified atom stereocenters. The molecule has 0 saturated heterocycles. The van der Waals surface area contributed by atoms with E-state index in [0.717, 1.165) is 0 Å². The highest BCUT2D eigenvalue weighted by atomic mass is 35.5. The highest BCUT2D eigenvalue weighted by Gasteiger charge is 2.23. The third-order valence-corrected chi connectivity index (χ3v) is 4.69. The van der Waals surface area contributed by atoms with Gasteiger partial charge in [0, 0.05) is 11.5 Å². The molecule has 22 heavy (non-hydrogen) atoms. The van der Waals surface area contributed by atoms with Crippen LogP contribution in [0.15, 0.2) is 33.7 Å². The summed E-state index contributed by atoms with van der Waals surface area (Å²) in [5.74, 6) is -0.0108. The molecule has 2 aromatic rings. The molecule has 1 aromatic heterocycles. The number of halogens is 1. The Balaban J connectivity index is 2.37. The zero-order chi connectivity index (χ0) is 16.5. The van der Waals surface area contributed by atoms with Crippen molar-refractivity contribution in [2.75, 3.05) is 4.72 Å². The Bertz CT molecular complexity index is 845. The zero-order valence-corrected chi connectivity index (χ0v) is 13.8. The van der Waals surface area contributed by atoms with Crippen LogP contribution in [0.1, 0.15) is 32.0 Å². The lowest BCUT2D eigenvalue weighted by atomic mass is 9.92. The summed E-state index contributed by atoms with van der Waals surface area (Å²) >= 11 is 5.91. The van der Waals surface area contributed by atoms with Gasteiger partial charge < -0.3 is 4.52 Å². The summed E-state index contributed by atoms with van der Waals surface area (Å²) in [4.78, 5) is -0.193. The molecule has 6 nitrogen and oxygen atoms in total. The first kappa shape index (κ1) is 16.3. The average Bonchev–Trinajstić information content (AvgIpc) is 2.86. The fourth-order valence-electron chi connectivity index (χ4n) is 1.64. The Morgan fingerprint density at radius 2 is 2.00 bits per heavy atom. The van der Waals surface area contributed by atoms with Gasteiger partial charge in [-0.2, -0.15) is 5.26 Å². The Hall–Kier alpha value is -2.04. The van der Waals surface area contributed by atoms with E-state index in [1.165, 1.54) is 24.3 Å². The maximum absolute atomic E-state index is 12.4. The van der Waals surface area contributed by atoms with Crippen molar-refractivity contribution in [3.8, 4) is 6.07 Å². The highest BCUT2D eigenvalue weighted by molar-refractivity contribution is 7.92. The monoisotopic (exact) mass is 339 g/mol.